The molecule has 0 radical (unpaired) electrons. The van der Waals surface area contributed by atoms with Gasteiger partial charge in [0.2, 0.25) is 0 Å². The second kappa shape index (κ2) is 4.99. The van der Waals surface area contributed by atoms with E-state index in [0.29, 0.717) is 12.1 Å². The molecule has 92 valence electrons. The SMILES string of the molecule is CC[Si](Cl)(CC)CCC(F)(F)C(F)(F)F. The molecule has 0 N–H and O–H groups in total. The minimum Gasteiger partial charge on any atom is -0.196 e. The lowest BCUT2D eigenvalue weighted by atomic mass is 10.2. The molecule has 0 aliphatic heterocycles. The van der Waals surface area contributed by atoms with Crippen LogP contribution in [0.5, 0.6) is 0 Å². The first kappa shape index (κ1) is 15.2. The molecule has 0 bridgehead atoms. The summed E-state index contributed by atoms with van der Waals surface area (Å²) in [4.78, 5) is 0. The molecule has 0 nitrogen and oxygen atoms in total. The van der Waals surface area contributed by atoms with Crippen LogP contribution in [0.1, 0.15) is 20.3 Å². The third-order valence-electron chi connectivity index (χ3n) is 2.57. The van der Waals surface area contributed by atoms with Crippen LogP contribution >= 0.6 is 11.1 Å². The van der Waals surface area contributed by atoms with Gasteiger partial charge in [0.15, 0.2) is 7.38 Å². The van der Waals surface area contributed by atoms with Gasteiger partial charge in [-0.2, -0.15) is 33.0 Å². The highest BCUT2D eigenvalue weighted by Crippen LogP contribution is 2.41. The third-order valence-corrected chi connectivity index (χ3v) is 8.42. The van der Waals surface area contributed by atoms with Gasteiger partial charge in [-0.05, 0) is 18.1 Å². The molecule has 15 heavy (non-hydrogen) atoms. The van der Waals surface area contributed by atoms with Gasteiger partial charge in [0.25, 0.3) is 0 Å². The van der Waals surface area contributed by atoms with Gasteiger partial charge >= 0.3 is 12.1 Å². The van der Waals surface area contributed by atoms with Crippen molar-refractivity contribution >= 4 is 18.5 Å². The van der Waals surface area contributed by atoms with E-state index in [-0.39, 0.29) is 6.04 Å². The molecule has 0 aromatic rings. The molecule has 0 aromatic heterocycles. The summed E-state index contributed by atoms with van der Waals surface area (Å²) in [5, 5.41) is 0. The van der Waals surface area contributed by atoms with Crippen molar-refractivity contribution in [1.82, 2.24) is 0 Å². The number of hydrogen-bond acceptors (Lipinski definition) is 0. The first-order valence-corrected chi connectivity index (χ1v) is 8.35. The lowest BCUT2D eigenvalue weighted by molar-refractivity contribution is -0.282. The van der Waals surface area contributed by atoms with E-state index in [2.05, 4.69) is 0 Å². The highest BCUT2D eigenvalue weighted by atomic mass is 35.6. The van der Waals surface area contributed by atoms with Crippen LogP contribution in [-0.2, 0) is 0 Å². The predicted octanol–water partition coefficient (Wildman–Crippen LogP) is 4.80. The highest BCUT2D eigenvalue weighted by molar-refractivity contribution is 7.20. The summed E-state index contributed by atoms with van der Waals surface area (Å²) in [6.07, 6.45) is -6.64. The van der Waals surface area contributed by atoms with Gasteiger partial charge in [-0.15, -0.1) is 0 Å². The lowest BCUT2D eigenvalue weighted by Gasteiger charge is -2.25. The Bertz CT molecular complexity index is 200. The van der Waals surface area contributed by atoms with Crippen LogP contribution in [0.25, 0.3) is 0 Å². The smallest absolute Gasteiger partial charge is 0.196 e. The molecule has 0 saturated heterocycles. The largest absolute Gasteiger partial charge is 0.453 e. The molecule has 0 rings (SSSR count). The van der Waals surface area contributed by atoms with Gasteiger partial charge < -0.3 is 0 Å². The maximum absolute atomic E-state index is 12.6. The molecular weight excluding hydrogens is 255 g/mol. The van der Waals surface area contributed by atoms with Gasteiger partial charge in [0, 0.05) is 6.42 Å². The van der Waals surface area contributed by atoms with Crippen molar-refractivity contribution in [2.75, 3.05) is 0 Å². The van der Waals surface area contributed by atoms with E-state index in [1.807, 2.05) is 0 Å². The molecule has 0 amide bonds. The molecule has 0 aromatic carbocycles. The summed E-state index contributed by atoms with van der Waals surface area (Å²) in [6.45, 7) is 3.46. The molecular formula is C8H14ClF5Si. The lowest BCUT2D eigenvalue weighted by Crippen LogP contribution is -2.38. The van der Waals surface area contributed by atoms with Crippen molar-refractivity contribution in [1.29, 1.82) is 0 Å². The summed E-state index contributed by atoms with van der Waals surface area (Å²) in [7, 11) is -2.39. The first-order chi connectivity index (χ1) is 6.58. The molecule has 0 heterocycles. The average molecular weight is 269 g/mol. The monoisotopic (exact) mass is 268 g/mol. The Morgan fingerprint density at radius 1 is 1.00 bits per heavy atom. The van der Waals surface area contributed by atoms with Crippen LogP contribution in [0.4, 0.5) is 22.0 Å². The van der Waals surface area contributed by atoms with Gasteiger partial charge in [-0.1, -0.05) is 13.8 Å². The maximum atomic E-state index is 12.6. The van der Waals surface area contributed by atoms with Gasteiger partial charge in [-0.3, -0.25) is 0 Å². The standard InChI is InChI=1S/C8H14ClF5Si/c1-3-15(9,4-2)6-5-7(10,11)8(12,13)14/h3-6H2,1-2H3. The van der Waals surface area contributed by atoms with E-state index in [0.717, 1.165) is 0 Å². The van der Waals surface area contributed by atoms with Crippen molar-refractivity contribution in [3.8, 4) is 0 Å². The second-order valence-corrected chi connectivity index (χ2v) is 10.2. The van der Waals surface area contributed by atoms with Crippen molar-refractivity contribution in [2.24, 2.45) is 0 Å². The topological polar surface area (TPSA) is 0 Å². The number of rotatable bonds is 5. The van der Waals surface area contributed by atoms with E-state index >= 15 is 0 Å². The molecule has 0 aliphatic rings. The fourth-order valence-corrected chi connectivity index (χ4v) is 3.38. The van der Waals surface area contributed by atoms with Crippen molar-refractivity contribution in [3.05, 3.63) is 0 Å². The second-order valence-electron chi connectivity index (χ2n) is 3.56. The molecule has 7 heteroatoms. The van der Waals surface area contributed by atoms with E-state index in [1.165, 1.54) is 0 Å². The maximum Gasteiger partial charge on any atom is 0.453 e. The zero-order chi connectivity index (χ0) is 12.3. The van der Waals surface area contributed by atoms with Gasteiger partial charge in [0.1, 0.15) is 0 Å². The molecule has 0 saturated carbocycles. The highest BCUT2D eigenvalue weighted by Gasteiger charge is 2.57. The number of alkyl halides is 5. The Balaban J connectivity index is 4.38. The summed E-state index contributed by atoms with van der Waals surface area (Å²) in [5.41, 5.74) is 0. The van der Waals surface area contributed by atoms with Crippen LogP contribution in [0.15, 0.2) is 0 Å². The Kier molecular flexibility index (Phi) is 5.04. The Hall–Kier alpha value is 0.157. The van der Waals surface area contributed by atoms with E-state index in [9.17, 15) is 22.0 Å². The average Bonchev–Trinajstić information content (AvgIpc) is 2.13. The fourth-order valence-electron chi connectivity index (χ4n) is 1.13. The number of hydrogen-bond donors (Lipinski definition) is 0. The minimum atomic E-state index is -5.46. The molecule has 0 atom stereocenters. The van der Waals surface area contributed by atoms with Gasteiger partial charge in [0.05, 0.1) is 0 Å². The van der Waals surface area contributed by atoms with Crippen LogP contribution < -0.4 is 0 Å². The van der Waals surface area contributed by atoms with E-state index < -0.39 is 25.9 Å². The van der Waals surface area contributed by atoms with Crippen LogP contribution in [0, 0.1) is 0 Å². The van der Waals surface area contributed by atoms with Crippen molar-refractivity contribution in [2.45, 2.75) is 50.5 Å². The Morgan fingerprint density at radius 2 is 1.40 bits per heavy atom. The third kappa shape index (κ3) is 4.26. The van der Waals surface area contributed by atoms with Crippen LogP contribution in [0.2, 0.25) is 18.1 Å². The minimum absolute atomic E-state index is 0.200. The van der Waals surface area contributed by atoms with Crippen LogP contribution in [-0.4, -0.2) is 19.5 Å². The molecule has 0 fully saturated rings. The number of halogens is 6. The zero-order valence-corrected chi connectivity index (χ0v) is 10.4. The molecule has 0 aliphatic carbocycles. The summed E-state index contributed by atoms with van der Waals surface area (Å²) in [6, 6.07) is 0.825. The predicted molar refractivity (Wildman–Crippen MR) is 53.0 cm³/mol. The molecule has 0 spiro atoms. The normalized spacial score (nSPS) is 14.4. The Morgan fingerprint density at radius 3 is 1.67 bits per heavy atom. The fraction of sp³-hybridized carbons (Fsp3) is 1.00. The van der Waals surface area contributed by atoms with E-state index in [4.69, 9.17) is 11.1 Å². The Labute approximate surface area is 91.5 Å². The quantitative estimate of drug-likeness (QED) is 0.382. The van der Waals surface area contributed by atoms with Crippen molar-refractivity contribution < 1.29 is 22.0 Å². The van der Waals surface area contributed by atoms with Crippen molar-refractivity contribution in [3.63, 3.8) is 0 Å². The van der Waals surface area contributed by atoms with Crippen LogP contribution in [0.3, 0.4) is 0 Å². The van der Waals surface area contributed by atoms with E-state index in [1.54, 1.807) is 13.8 Å². The zero-order valence-electron chi connectivity index (χ0n) is 8.60. The first-order valence-electron chi connectivity index (χ1n) is 4.71. The summed E-state index contributed by atoms with van der Waals surface area (Å²) < 4.78 is 60.7. The molecule has 0 unspecified atom stereocenters. The van der Waals surface area contributed by atoms with Gasteiger partial charge in [-0.25, -0.2) is 0 Å². The summed E-state index contributed by atoms with van der Waals surface area (Å²) in [5.74, 6) is -4.61. The summed E-state index contributed by atoms with van der Waals surface area (Å²) >= 11 is 6.00.